The Kier molecular flexibility index (Phi) is 2.92. The zero-order valence-corrected chi connectivity index (χ0v) is 15.8. The molecular formula is C24H24O2. The minimum atomic E-state index is 0.0970. The highest BCUT2D eigenvalue weighted by Crippen LogP contribution is 2.50. The van der Waals surface area contributed by atoms with Crippen LogP contribution in [0.5, 0.6) is 5.75 Å². The van der Waals surface area contributed by atoms with E-state index in [1.807, 2.05) is 12.1 Å². The molecule has 1 aliphatic carbocycles. The van der Waals surface area contributed by atoms with E-state index in [1.165, 1.54) is 17.5 Å². The maximum Gasteiger partial charge on any atom is 0.139 e. The van der Waals surface area contributed by atoms with Gasteiger partial charge in [0.2, 0.25) is 0 Å². The molecule has 132 valence electrons. The lowest BCUT2D eigenvalue weighted by molar-refractivity contribution is 0.331. The van der Waals surface area contributed by atoms with Crippen molar-refractivity contribution in [2.75, 3.05) is 0 Å². The highest BCUT2D eigenvalue weighted by atomic mass is 16.3. The van der Waals surface area contributed by atoms with Crippen LogP contribution in [0.25, 0.3) is 32.7 Å². The van der Waals surface area contributed by atoms with Gasteiger partial charge in [0.1, 0.15) is 16.9 Å². The van der Waals surface area contributed by atoms with Crippen molar-refractivity contribution in [3.63, 3.8) is 0 Å². The van der Waals surface area contributed by atoms with E-state index in [4.69, 9.17) is 4.42 Å². The molecule has 3 aromatic carbocycles. The largest absolute Gasteiger partial charge is 0.507 e. The summed E-state index contributed by atoms with van der Waals surface area (Å²) >= 11 is 0. The van der Waals surface area contributed by atoms with Crippen molar-refractivity contribution in [3.05, 3.63) is 53.6 Å². The molecule has 1 aromatic heterocycles. The topological polar surface area (TPSA) is 33.4 Å². The molecule has 1 heterocycles. The molecule has 26 heavy (non-hydrogen) atoms. The summed E-state index contributed by atoms with van der Waals surface area (Å²) < 4.78 is 6.45. The summed E-state index contributed by atoms with van der Waals surface area (Å²) in [6.07, 6.45) is 2.35. The number of fused-ring (bicyclic) bond motifs is 6. The van der Waals surface area contributed by atoms with Gasteiger partial charge in [0.25, 0.3) is 0 Å². The molecule has 2 heteroatoms. The van der Waals surface area contributed by atoms with Gasteiger partial charge in [0, 0.05) is 21.7 Å². The number of aromatic hydroxyl groups is 1. The second kappa shape index (κ2) is 4.82. The van der Waals surface area contributed by atoms with E-state index in [9.17, 15) is 5.11 Å². The van der Waals surface area contributed by atoms with Gasteiger partial charge in [-0.15, -0.1) is 0 Å². The van der Waals surface area contributed by atoms with Crippen molar-refractivity contribution in [1.29, 1.82) is 0 Å². The van der Waals surface area contributed by atoms with E-state index in [0.29, 0.717) is 5.75 Å². The Morgan fingerprint density at radius 3 is 2.42 bits per heavy atom. The Hall–Kier alpha value is -2.48. The Morgan fingerprint density at radius 1 is 0.846 bits per heavy atom. The van der Waals surface area contributed by atoms with E-state index < -0.39 is 0 Å². The second-order valence-electron chi connectivity index (χ2n) is 9.08. The zero-order valence-electron chi connectivity index (χ0n) is 15.8. The minimum Gasteiger partial charge on any atom is -0.507 e. The lowest BCUT2D eigenvalue weighted by Crippen LogP contribution is -2.33. The molecular weight excluding hydrogens is 320 g/mol. The maximum absolute atomic E-state index is 10.3. The first-order valence-corrected chi connectivity index (χ1v) is 9.40. The van der Waals surface area contributed by atoms with Gasteiger partial charge >= 0.3 is 0 Å². The average molecular weight is 344 g/mol. The quantitative estimate of drug-likeness (QED) is 0.381. The lowest BCUT2D eigenvalue weighted by Gasteiger charge is -2.41. The molecule has 0 aliphatic heterocycles. The summed E-state index contributed by atoms with van der Waals surface area (Å²) in [5.41, 5.74) is 4.94. The number of phenolic OH excluding ortho intramolecular Hbond substituents is 1. The summed E-state index contributed by atoms with van der Waals surface area (Å²) in [6, 6.07) is 14.3. The van der Waals surface area contributed by atoms with Gasteiger partial charge in [-0.3, -0.25) is 0 Å². The summed E-state index contributed by atoms with van der Waals surface area (Å²) in [5, 5.41) is 14.4. The normalized spacial score (nSPS) is 18.5. The van der Waals surface area contributed by atoms with Crippen LogP contribution in [0.3, 0.4) is 0 Å². The monoisotopic (exact) mass is 344 g/mol. The number of furan rings is 1. The van der Waals surface area contributed by atoms with Crippen molar-refractivity contribution >= 4 is 32.7 Å². The summed E-state index contributed by atoms with van der Waals surface area (Å²) in [4.78, 5) is 0. The Morgan fingerprint density at radius 2 is 1.62 bits per heavy atom. The minimum absolute atomic E-state index is 0.0970. The van der Waals surface area contributed by atoms with Crippen molar-refractivity contribution in [2.45, 2.75) is 51.4 Å². The Balaban J connectivity index is 1.95. The summed E-state index contributed by atoms with van der Waals surface area (Å²) in [6.45, 7) is 9.33. The van der Waals surface area contributed by atoms with Crippen LogP contribution in [0.4, 0.5) is 0 Å². The van der Waals surface area contributed by atoms with Crippen LogP contribution in [0.15, 0.2) is 46.9 Å². The van der Waals surface area contributed by atoms with E-state index in [-0.39, 0.29) is 10.8 Å². The first kappa shape index (κ1) is 15.7. The molecule has 0 amide bonds. The molecule has 0 atom stereocenters. The van der Waals surface area contributed by atoms with Gasteiger partial charge in [0.15, 0.2) is 0 Å². The highest BCUT2D eigenvalue weighted by molar-refractivity contribution is 6.12. The molecule has 5 rings (SSSR count). The smallest absolute Gasteiger partial charge is 0.139 e. The third kappa shape index (κ3) is 1.99. The molecule has 4 aromatic rings. The predicted molar refractivity (Wildman–Crippen MR) is 108 cm³/mol. The van der Waals surface area contributed by atoms with E-state index in [2.05, 4.69) is 52.0 Å². The SMILES string of the molecule is CC1(C)CCC(C)(C)c2c1ccc1c2oc2cc3cccc(O)c3cc21. The number of rotatable bonds is 0. The molecule has 0 unspecified atom stereocenters. The fourth-order valence-electron chi connectivity index (χ4n) is 4.71. The maximum atomic E-state index is 10.3. The number of hydrogen-bond acceptors (Lipinski definition) is 2. The Labute approximate surface area is 153 Å². The first-order valence-electron chi connectivity index (χ1n) is 9.40. The molecule has 2 nitrogen and oxygen atoms in total. The molecule has 0 spiro atoms. The van der Waals surface area contributed by atoms with Crippen molar-refractivity contribution in [1.82, 2.24) is 0 Å². The number of benzene rings is 3. The van der Waals surface area contributed by atoms with Gasteiger partial charge in [-0.2, -0.15) is 0 Å². The first-order chi connectivity index (χ1) is 12.3. The summed E-state index contributed by atoms with van der Waals surface area (Å²) in [5.74, 6) is 0.318. The molecule has 1 aliphatic rings. The number of phenols is 1. The van der Waals surface area contributed by atoms with Gasteiger partial charge in [-0.05, 0) is 52.8 Å². The van der Waals surface area contributed by atoms with E-state index in [1.54, 1.807) is 6.07 Å². The van der Waals surface area contributed by atoms with Gasteiger partial charge in [0.05, 0.1) is 0 Å². The van der Waals surface area contributed by atoms with Crippen molar-refractivity contribution in [2.24, 2.45) is 0 Å². The zero-order chi connectivity index (χ0) is 18.3. The lowest BCUT2D eigenvalue weighted by atomic mass is 9.63. The third-order valence-corrected chi connectivity index (χ3v) is 6.40. The van der Waals surface area contributed by atoms with E-state index in [0.717, 1.165) is 39.1 Å². The van der Waals surface area contributed by atoms with E-state index >= 15 is 0 Å². The van der Waals surface area contributed by atoms with Crippen LogP contribution in [0, 0.1) is 0 Å². The van der Waals surface area contributed by atoms with Crippen molar-refractivity contribution in [3.8, 4) is 5.75 Å². The second-order valence-corrected chi connectivity index (χ2v) is 9.08. The summed E-state index contributed by atoms with van der Waals surface area (Å²) in [7, 11) is 0. The molecule has 0 radical (unpaired) electrons. The Bertz CT molecular complexity index is 1190. The number of hydrogen-bond donors (Lipinski definition) is 1. The van der Waals surface area contributed by atoms with Crippen molar-refractivity contribution < 1.29 is 9.52 Å². The van der Waals surface area contributed by atoms with Gasteiger partial charge in [-0.1, -0.05) is 52.0 Å². The highest BCUT2D eigenvalue weighted by Gasteiger charge is 2.39. The molecule has 0 bridgehead atoms. The van der Waals surface area contributed by atoms with Gasteiger partial charge < -0.3 is 9.52 Å². The van der Waals surface area contributed by atoms with Gasteiger partial charge in [-0.25, -0.2) is 0 Å². The third-order valence-electron chi connectivity index (χ3n) is 6.40. The molecule has 0 saturated carbocycles. The van der Waals surface area contributed by atoms with Crippen LogP contribution in [0.1, 0.15) is 51.7 Å². The van der Waals surface area contributed by atoms with Crippen LogP contribution in [-0.4, -0.2) is 5.11 Å². The standard InChI is InChI=1S/C24H24O2/c1-23(2)10-11-24(3,4)21-18(23)9-8-15-17-13-16-14(6-5-7-19(16)25)12-20(17)26-22(15)21/h5-9,12-13,25H,10-11H2,1-4H3. The predicted octanol–water partition coefficient (Wildman–Crippen LogP) is 6.79. The molecule has 1 N–H and O–H groups in total. The average Bonchev–Trinajstić information content (AvgIpc) is 2.95. The van der Waals surface area contributed by atoms with Crippen LogP contribution in [-0.2, 0) is 10.8 Å². The van der Waals surface area contributed by atoms with Crippen LogP contribution < -0.4 is 0 Å². The molecule has 0 fully saturated rings. The van der Waals surface area contributed by atoms with Crippen LogP contribution in [0.2, 0.25) is 0 Å². The molecule has 0 saturated heterocycles. The fourth-order valence-corrected chi connectivity index (χ4v) is 4.71. The van der Waals surface area contributed by atoms with Crippen LogP contribution >= 0.6 is 0 Å². The fraction of sp³-hybridized carbons (Fsp3) is 0.333.